The van der Waals surface area contributed by atoms with E-state index >= 15 is 0 Å². The summed E-state index contributed by atoms with van der Waals surface area (Å²) >= 11 is 0. The number of nitrogens with one attached hydrogen (secondary N) is 1. The molecule has 0 unspecified atom stereocenters. The maximum Gasteiger partial charge on any atom is 0.0447 e. The fourth-order valence-electron chi connectivity index (χ4n) is 1.83. The summed E-state index contributed by atoms with van der Waals surface area (Å²) in [6.45, 7) is 8.34. The van der Waals surface area contributed by atoms with Gasteiger partial charge in [-0.3, -0.25) is 0 Å². The molecule has 1 rings (SSSR count). The zero-order valence-corrected chi connectivity index (χ0v) is 10.9. The lowest BCUT2D eigenvalue weighted by Crippen LogP contribution is -2.24. The highest BCUT2D eigenvalue weighted by molar-refractivity contribution is 5.47. The number of aliphatic hydroxyl groups is 1. The molecule has 0 saturated carbocycles. The molecule has 0 aliphatic heterocycles. The van der Waals surface area contributed by atoms with Gasteiger partial charge in [-0.15, -0.1) is 0 Å². The molecule has 0 fully saturated rings. The molecule has 0 saturated heterocycles. The second-order valence-corrected chi connectivity index (χ2v) is 4.10. The number of aliphatic hydroxyl groups excluding tert-OH is 1. The van der Waals surface area contributed by atoms with Crippen LogP contribution in [0.1, 0.15) is 25.8 Å². The third-order valence-corrected chi connectivity index (χ3v) is 2.85. The molecule has 0 aromatic heterocycles. The molecule has 0 aliphatic rings. The summed E-state index contributed by atoms with van der Waals surface area (Å²) in [5, 5.41) is 12.2. The van der Waals surface area contributed by atoms with E-state index in [1.165, 1.54) is 11.3 Å². The van der Waals surface area contributed by atoms with Crippen LogP contribution in [0.25, 0.3) is 0 Å². The lowest BCUT2D eigenvalue weighted by atomic mass is 10.2. The van der Waals surface area contributed by atoms with Gasteiger partial charge < -0.3 is 15.3 Å². The van der Waals surface area contributed by atoms with Crippen molar-refractivity contribution in [1.82, 2.24) is 5.32 Å². The van der Waals surface area contributed by atoms with E-state index in [1.54, 1.807) is 0 Å². The topological polar surface area (TPSA) is 35.5 Å². The molecule has 0 aliphatic carbocycles. The average Bonchev–Trinajstić information content (AvgIpc) is 2.38. The molecule has 0 atom stereocenters. The smallest absolute Gasteiger partial charge is 0.0447 e. The van der Waals surface area contributed by atoms with Gasteiger partial charge in [0.2, 0.25) is 0 Å². The predicted octanol–water partition coefficient (Wildman–Crippen LogP) is 2.00. The van der Waals surface area contributed by atoms with Crippen molar-refractivity contribution in [3.8, 4) is 0 Å². The first-order valence-corrected chi connectivity index (χ1v) is 6.47. The number of nitrogens with zero attached hydrogens (tertiary/aromatic N) is 1. The first kappa shape index (κ1) is 14.0. The van der Waals surface area contributed by atoms with E-state index < -0.39 is 0 Å². The molecule has 17 heavy (non-hydrogen) atoms. The first-order valence-electron chi connectivity index (χ1n) is 6.47. The summed E-state index contributed by atoms with van der Waals surface area (Å²) in [6.07, 6.45) is 0.826. The minimum atomic E-state index is 0.259. The Morgan fingerprint density at radius 1 is 1.18 bits per heavy atom. The van der Waals surface area contributed by atoms with E-state index in [1.807, 2.05) is 0 Å². The van der Waals surface area contributed by atoms with E-state index in [4.69, 9.17) is 5.11 Å². The standard InChI is InChI=1S/C14H24N2O/c1-3-15-12-13-6-8-14(9-7-13)16(4-2)10-5-11-17/h6-9,15,17H,3-5,10-12H2,1-2H3. The minimum absolute atomic E-state index is 0.259. The van der Waals surface area contributed by atoms with Crippen molar-refractivity contribution < 1.29 is 5.11 Å². The van der Waals surface area contributed by atoms with E-state index in [-0.39, 0.29) is 6.61 Å². The quantitative estimate of drug-likeness (QED) is 0.725. The number of rotatable bonds is 8. The summed E-state index contributed by atoms with van der Waals surface area (Å²) in [5.41, 5.74) is 2.55. The molecule has 96 valence electrons. The van der Waals surface area contributed by atoms with Gasteiger partial charge >= 0.3 is 0 Å². The van der Waals surface area contributed by atoms with Crippen molar-refractivity contribution in [2.45, 2.75) is 26.8 Å². The van der Waals surface area contributed by atoms with Gasteiger partial charge in [-0.1, -0.05) is 19.1 Å². The Bertz CT molecular complexity index is 298. The molecule has 3 nitrogen and oxygen atoms in total. The zero-order chi connectivity index (χ0) is 12.5. The number of hydrogen-bond acceptors (Lipinski definition) is 3. The van der Waals surface area contributed by atoms with E-state index in [0.717, 1.165) is 32.6 Å². The van der Waals surface area contributed by atoms with Crippen molar-refractivity contribution in [3.05, 3.63) is 29.8 Å². The Hall–Kier alpha value is -1.06. The normalized spacial score (nSPS) is 10.5. The van der Waals surface area contributed by atoms with Gasteiger partial charge in [-0.2, -0.15) is 0 Å². The summed E-state index contributed by atoms with van der Waals surface area (Å²) < 4.78 is 0. The minimum Gasteiger partial charge on any atom is -0.396 e. The predicted molar refractivity (Wildman–Crippen MR) is 73.4 cm³/mol. The monoisotopic (exact) mass is 236 g/mol. The van der Waals surface area contributed by atoms with Crippen LogP contribution >= 0.6 is 0 Å². The fourth-order valence-corrected chi connectivity index (χ4v) is 1.83. The number of benzene rings is 1. The molecule has 0 amide bonds. The second kappa shape index (κ2) is 8.09. The van der Waals surface area contributed by atoms with Crippen LogP contribution in [0.3, 0.4) is 0 Å². The van der Waals surface area contributed by atoms with Gasteiger partial charge in [0.25, 0.3) is 0 Å². The van der Waals surface area contributed by atoms with Crippen LogP contribution in [0.15, 0.2) is 24.3 Å². The Kier molecular flexibility index (Phi) is 6.67. The van der Waals surface area contributed by atoms with E-state index in [2.05, 4.69) is 48.3 Å². The average molecular weight is 236 g/mol. The second-order valence-electron chi connectivity index (χ2n) is 4.10. The maximum atomic E-state index is 8.86. The molecule has 3 heteroatoms. The van der Waals surface area contributed by atoms with Crippen molar-refractivity contribution in [2.24, 2.45) is 0 Å². The molecule has 1 aromatic rings. The van der Waals surface area contributed by atoms with Crippen molar-refractivity contribution >= 4 is 5.69 Å². The van der Waals surface area contributed by atoms with Crippen LogP contribution in [0.2, 0.25) is 0 Å². The molecule has 0 bridgehead atoms. The third-order valence-electron chi connectivity index (χ3n) is 2.85. The number of anilines is 1. The summed E-state index contributed by atoms with van der Waals surface area (Å²) in [4.78, 5) is 2.28. The highest BCUT2D eigenvalue weighted by Gasteiger charge is 2.03. The molecule has 0 radical (unpaired) electrons. The van der Waals surface area contributed by atoms with Gasteiger partial charge in [0.1, 0.15) is 0 Å². The molecule has 0 heterocycles. The Morgan fingerprint density at radius 3 is 2.41 bits per heavy atom. The molecular formula is C14H24N2O. The van der Waals surface area contributed by atoms with Crippen LogP contribution in [0.4, 0.5) is 5.69 Å². The SMILES string of the molecule is CCNCc1ccc(N(CC)CCCO)cc1. The lowest BCUT2D eigenvalue weighted by molar-refractivity contribution is 0.289. The molecule has 2 N–H and O–H groups in total. The molecule has 1 aromatic carbocycles. The fraction of sp³-hybridized carbons (Fsp3) is 0.571. The van der Waals surface area contributed by atoms with E-state index in [0.29, 0.717) is 0 Å². The highest BCUT2D eigenvalue weighted by Crippen LogP contribution is 2.15. The highest BCUT2D eigenvalue weighted by atomic mass is 16.3. The van der Waals surface area contributed by atoms with Crippen LogP contribution < -0.4 is 10.2 Å². The summed E-state index contributed by atoms with van der Waals surface area (Å²) in [5.74, 6) is 0. The Labute approximate surface area is 104 Å². The third kappa shape index (κ3) is 4.75. The van der Waals surface area contributed by atoms with Crippen LogP contribution in [-0.4, -0.2) is 31.3 Å². The first-order chi connectivity index (χ1) is 8.31. The summed E-state index contributed by atoms with van der Waals surface area (Å²) in [6, 6.07) is 8.65. The molecule has 0 spiro atoms. The van der Waals surface area contributed by atoms with Gasteiger partial charge in [-0.05, 0) is 37.6 Å². The van der Waals surface area contributed by atoms with Gasteiger partial charge in [-0.25, -0.2) is 0 Å². The van der Waals surface area contributed by atoms with Crippen LogP contribution in [-0.2, 0) is 6.54 Å². The Morgan fingerprint density at radius 2 is 1.88 bits per heavy atom. The van der Waals surface area contributed by atoms with Crippen molar-refractivity contribution in [2.75, 3.05) is 31.1 Å². The van der Waals surface area contributed by atoms with Crippen molar-refractivity contribution in [1.29, 1.82) is 0 Å². The maximum absolute atomic E-state index is 8.86. The van der Waals surface area contributed by atoms with Crippen LogP contribution in [0.5, 0.6) is 0 Å². The van der Waals surface area contributed by atoms with Gasteiger partial charge in [0.05, 0.1) is 0 Å². The largest absolute Gasteiger partial charge is 0.396 e. The Balaban J connectivity index is 2.57. The van der Waals surface area contributed by atoms with Gasteiger partial charge in [0, 0.05) is 31.9 Å². The van der Waals surface area contributed by atoms with Crippen LogP contribution in [0, 0.1) is 0 Å². The van der Waals surface area contributed by atoms with E-state index in [9.17, 15) is 0 Å². The van der Waals surface area contributed by atoms with Gasteiger partial charge in [0.15, 0.2) is 0 Å². The zero-order valence-electron chi connectivity index (χ0n) is 10.9. The molecular weight excluding hydrogens is 212 g/mol. The number of hydrogen-bond donors (Lipinski definition) is 2. The van der Waals surface area contributed by atoms with Crippen molar-refractivity contribution in [3.63, 3.8) is 0 Å². The summed E-state index contributed by atoms with van der Waals surface area (Å²) in [7, 11) is 0. The lowest BCUT2D eigenvalue weighted by Gasteiger charge is -2.23.